The third-order valence-electron chi connectivity index (χ3n) is 5.67. The third-order valence-corrected chi connectivity index (χ3v) is 5.67. The van der Waals surface area contributed by atoms with Crippen LogP contribution in [0.4, 0.5) is 5.95 Å². The van der Waals surface area contributed by atoms with Crippen LogP contribution in [0.3, 0.4) is 0 Å². The normalized spacial score (nSPS) is 19.3. The molecule has 0 bridgehead atoms. The van der Waals surface area contributed by atoms with Gasteiger partial charge in [0.25, 0.3) is 0 Å². The second-order valence-electron chi connectivity index (χ2n) is 7.57. The summed E-state index contributed by atoms with van der Waals surface area (Å²) in [7, 11) is 1.58. The highest BCUT2D eigenvalue weighted by Crippen LogP contribution is 2.30. The number of hydrogen-bond donors (Lipinski definition) is 0. The molecule has 9 heteroatoms. The molecule has 1 atom stereocenters. The molecule has 0 unspecified atom stereocenters. The average Bonchev–Trinajstić information content (AvgIpc) is 2.97. The number of methoxy groups -OCH3 is 1. The number of amides is 1. The Hall–Kier alpha value is -3.41. The van der Waals surface area contributed by atoms with E-state index in [9.17, 15) is 10.1 Å². The summed E-state index contributed by atoms with van der Waals surface area (Å²) in [5.41, 5.74) is 1.18. The number of ether oxygens (including phenoxy) is 2. The molecule has 1 amide bonds. The number of pyridine rings is 1. The average molecular weight is 408 g/mol. The van der Waals surface area contributed by atoms with Crippen LogP contribution in [0.15, 0.2) is 24.7 Å². The van der Waals surface area contributed by atoms with Crippen molar-refractivity contribution in [3.8, 4) is 17.7 Å². The molecule has 156 valence electrons. The highest BCUT2D eigenvalue weighted by Gasteiger charge is 2.34. The maximum atomic E-state index is 13.3. The summed E-state index contributed by atoms with van der Waals surface area (Å²) in [5.74, 6) is 1.75. The van der Waals surface area contributed by atoms with Crippen LogP contribution in [0.2, 0.25) is 0 Å². The molecule has 30 heavy (non-hydrogen) atoms. The Balaban J connectivity index is 1.45. The van der Waals surface area contributed by atoms with Crippen molar-refractivity contribution in [1.82, 2.24) is 19.9 Å². The lowest BCUT2D eigenvalue weighted by Gasteiger charge is -2.35. The summed E-state index contributed by atoms with van der Waals surface area (Å²) >= 11 is 0. The Bertz CT molecular complexity index is 967. The fourth-order valence-electron chi connectivity index (χ4n) is 3.94. The van der Waals surface area contributed by atoms with Crippen LogP contribution in [0.1, 0.15) is 30.9 Å². The summed E-state index contributed by atoms with van der Waals surface area (Å²) in [5, 5.41) is 9.31. The Kier molecular flexibility index (Phi) is 5.65. The van der Waals surface area contributed by atoms with E-state index in [0.717, 1.165) is 18.4 Å². The van der Waals surface area contributed by atoms with Gasteiger partial charge in [-0.1, -0.05) is 0 Å². The Labute approximate surface area is 175 Å². The number of nitriles is 1. The van der Waals surface area contributed by atoms with Gasteiger partial charge in [-0.15, -0.1) is 0 Å². The predicted molar refractivity (Wildman–Crippen MR) is 108 cm³/mol. The van der Waals surface area contributed by atoms with Crippen molar-refractivity contribution in [1.29, 1.82) is 5.26 Å². The van der Waals surface area contributed by atoms with E-state index in [1.807, 2.05) is 11.8 Å². The van der Waals surface area contributed by atoms with Crippen molar-refractivity contribution in [3.63, 3.8) is 0 Å². The molecule has 2 aromatic rings. The molecular formula is C21H24N6O3. The SMILES string of the molecule is COc1ccnc(N2CCC(C(=O)N3Cc4cncc(C#N)c4OC[C@H]3C)CC2)n1. The summed E-state index contributed by atoms with van der Waals surface area (Å²) in [6.45, 7) is 4.14. The van der Waals surface area contributed by atoms with Crippen LogP contribution in [0, 0.1) is 17.2 Å². The first-order valence-corrected chi connectivity index (χ1v) is 10.0. The molecule has 0 spiro atoms. The highest BCUT2D eigenvalue weighted by molar-refractivity contribution is 5.79. The van der Waals surface area contributed by atoms with Crippen molar-refractivity contribution >= 4 is 11.9 Å². The van der Waals surface area contributed by atoms with Gasteiger partial charge in [0.2, 0.25) is 17.7 Å². The van der Waals surface area contributed by atoms with E-state index in [0.29, 0.717) is 49.4 Å². The number of anilines is 1. The minimum absolute atomic E-state index is 0.0667. The molecular weight excluding hydrogens is 384 g/mol. The van der Waals surface area contributed by atoms with Crippen molar-refractivity contribution in [2.24, 2.45) is 5.92 Å². The molecule has 2 aromatic heterocycles. The summed E-state index contributed by atoms with van der Waals surface area (Å²) in [6, 6.07) is 3.74. The van der Waals surface area contributed by atoms with E-state index in [1.165, 1.54) is 6.20 Å². The number of carbonyl (C=O) groups is 1. The first-order chi connectivity index (χ1) is 14.6. The molecule has 0 aromatic carbocycles. The van der Waals surface area contributed by atoms with Gasteiger partial charge in [0.05, 0.1) is 19.7 Å². The number of fused-ring (bicyclic) bond motifs is 1. The molecule has 0 radical (unpaired) electrons. The van der Waals surface area contributed by atoms with E-state index >= 15 is 0 Å². The minimum Gasteiger partial charge on any atom is -0.490 e. The van der Waals surface area contributed by atoms with E-state index in [2.05, 4.69) is 25.9 Å². The van der Waals surface area contributed by atoms with Gasteiger partial charge in [0.15, 0.2) is 0 Å². The lowest BCUT2D eigenvalue weighted by molar-refractivity contribution is -0.139. The summed E-state index contributed by atoms with van der Waals surface area (Å²) in [4.78, 5) is 30.1. The van der Waals surface area contributed by atoms with E-state index in [1.54, 1.807) is 25.6 Å². The zero-order valence-electron chi connectivity index (χ0n) is 17.1. The number of piperidine rings is 1. The molecule has 4 rings (SSSR count). The maximum Gasteiger partial charge on any atom is 0.228 e. The topological polar surface area (TPSA) is 104 Å². The van der Waals surface area contributed by atoms with Crippen molar-refractivity contribution in [3.05, 3.63) is 35.8 Å². The second-order valence-corrected chi connectivity index (χ2v) is 7.57. The lowest BCUT2D eigenvalue weighted by atomic mass is 9.94. The van der Waals surface area contributed by atoms with Crippen LogP contribution < -0.4 is 14.4 Å². The first kappa shape index (κ1) is 19.9. The van der Waals surface area contributed by atoms with Gasteiger partial charge in [-0.3, -0.25) is 9.78 Å². The van der Waals surface area contributed by atoms with Crippen LogP contribution in [-0.2, 0) is 11.3 Å². The third kappa shape index (κ3) is 3.85. The van der Waals surface area contributed by atoms with Gasteiger partial charge >= 0.3 is 0 Å². The minimum atomic E-state index is -0.0869. The molecule has 0 saturated carbocycles. The Morgan fingerprint density at radius 3 is 2.87 bits per heavy atom. The lowest BCUT2D eigenvalue weighted by Crippen LogP contribution is -2.46. The molecule has 4 heterocycles. The summed E-state index contributed by atoms with van der Waals surface area (Å²) in [6.07, 6.45) is 6.31. The van der Waals surface area contributed by atoms with Gasteiger partial charge in [0.1, 0.15) is 24.0 Å². The zero-order valence-corrected chi connectivity index (χ0v) is 17.1. The van der Waals surface area contributed by atoms with E-state index in [-0.39, 0.29) is 17.9 Å². The predicted octanol–water partition coefficient (Wildman–Crippen LogP) is 1.78. The van der Waals surface area contributed by atoms with Gasteiger partial charge in [-0.25, -0.2) is 4.98 Å². The van der Waals surface area contributed by atoms with E-state index < -0.39 is 0 Å². The smallest absolute Gasteiger partial charge is 0.228 e. The van der Waals surface area contributed by atoms with Gasteiger partial charge in [-0.05, 0) is 19.8 Å². The largest absolute Gasteiger partial charge is 0.490 e. The monoisotopic (exact) mass is 408 g/mol. The zero-order chi connectivity index (χ0) is 21.1. The van der Waals surface area contributed by atoms with Crippen molar-refractivity contribution in [2.45, 2.75) is 32.4 Å². The number of rotatable bonds is 3. The summed E-state index contributed by atoms with van der Waals surface area (Å²) < 4.78 is 11.0. The molecule has 1 fully saturated rings. The number of carbonyl (C=O) groups excluding carboxylic acids is 1. The van der Waals surface area contributed by atoms with Crippen molar-refractivity contribution in [2.75, 3.05) is 31.7 Å². The molecule has 1 saturated heterocycles. The molecule has 2 aliphatic heterocycles. The van der Waals surface area contributed by atoms with Gasteiger partial charge < -0.3 is 19.3 Å². The first-order valence-electron chi connectivity index (χ1n) is 10.0. The van der Waals surface area contributed by atoms with Crippen molar-refractivity contribution < 1.29 is 14.3 Å². The fourth-order valence-corrected chi connectivity index (χ4v) is 3.94. The maximum absolute atomic E-state index is 13.3. The number of nitrogens with zero attached hydrogens (tertiary/aromatic N) is 6. The van der Waals surface area contributed by atoms with Crippen LogP contribution >= 0.6 is 0 Å². The van der Waals surface area contributed by atoms with Gasteiger partial charge in [-0.2, -0.15) is 10.2 Å². The molecule has 0 N–H and O–H groups in total. The van der Waals surface area contributed by atoms with Crippen LogP contribution in [-0.4, -0.2) is 58.6 Å². The standard InChI is InChI=1S/C21H24N6O3/c1-14-13-30-19-16(9-22)10-23-11-17(19)12-27(14)20(28)15-4-7-26(8-5-15)21-24-6-3-18(25-21)29-2/h3,6,10-11,14-15H,4-5,7-8,12-13H2,1-2H3/t14-/m1/s1. The van der Waals surface area contributed by atoms with Gasteiger partial charge in [0, 0.05) is 49.2 Å². The molecule has 0 aliphatic carbocycles. The quantitative estimate of drug-likeness (QED) is 0.757. The Morgan fingerprint density at radius 2 is 2.13 bits per heavy atom. The van der Waals surface area contributed by atoms with Crippen LogP contribution in [0.25, 0.3) is 0 Å². The second kappa shape index (κ2) is 8.53. The molecule has 2 aliphatic rings. The Morgan fingerprint density at radius 1 is 1.33 bits per heavy atom. The number of hydrogen-bond acceptors (Lipinski definition) is 8. The fraction of sp³-hybridized carbons (Fsp3) is 0.476. The molecule has 9 nitrogen and oxygen atoms in total. The number of aromatic nitrogens is 3. The highest BCUT2D eigenvalue weighted by atomic mass is 16.5. The van der Waals surface area contributed by atoms with Crippen LogP contribution in [0.5, 0.6) is 11.6 Å². The van der Waals surface area contributed by atoms with E-state index in [4.69, 9.17) is 9.47 Å².